The summed E-state index contributed by atoms with van der Waals surface area (Å²) in [5, 5.41) is 0.578. The van der Waals surface area contributed by atoms with Gasteiger partial charge in [-0.05, 0) is 40.2 Å². The van der Waals surface area contributed by atoms with Gasteiger partial charge in [-0.3, -0.25) is 9.20 Å². The fraction of sp³-hybridized carbons (Fsp3) is 0.526. The molecule has 146 valence electrons. The molecule has 0 aliphatic carbocycles. The van der Waals surface area contributed by atoms with Crippen molar-refractivity contribution in [3.8, 4) is 0 Å². The van der Waals surface area contributed by atoms with Gasteiger partial charge in [-0.2, -0.15) is 0 Å². The van der Waals surface area contributed by atoms with E-state index in [9.17, 15) is 9.59 Å². The first-order valence-corrected chi connectivity index (χ1v) is 9.45. The van der Waals surface area contributed by atoms with Crippen molar-refractivity contribution in [2.75, 3.05) is 26.2 Å². The Morgan fingerprint density at radius 2 is 1.81 bits per heavy atom. The fourth-order valence-corrected chi connectivity index (χ4v) is 3.33. The molecule has 2 aromatic rings. The quantitative estimate of drug-likeness (QED) is 0.746. The minimum atomic E-state index is -0.534. The van der Waals surface area contributed by atoms with Crippen molar-refractivity contribution < 1.29 is 14.3 Å². The maximum absolute atomic E-state index is 13.1. The predicted octanol–water partition coefficient (Wildman–Crippen LogP) is 3.38. The second-order valence-corrected chi connectivity index (χ2v) is 8.17. The normalized spacial score (nSPS) is 15.7. The molecule has 1 saturated heterocycles. The minimum absolute atomic E-state index is 0.0895. The average Bonchev–Trinajstić information content (AvgIpc) is 2.73. The molecule has 0 N–H and O–H groups in total. The van der Waals surface area contributed by atoms with E-state index in [-0.39, 0.29) is 12.0 Å². The predicted molar refractivity (Wildman–Crippen MR) is 103 cm³/mol. The van der Waals surface area contributed by atoms with Crippen LogP contribution in [0.4, 0.5) is 4.79 Å². The number of pyridine rings is 1. The lowest BCUT2D eigenvalue weighted by molar-refractivity contribution is 0.0255. The summed E-state index contributed by atoms with van der Waals surface area (Å²) in [6.45, 7) is 9.41. The molecule has 0 bridgehead atoms. The Hall–Kier alpha value is -2.28. The van der Waals surface area contributed by atoms with E-state index in [0.29, 0.717) is 54.7 Å². The van der Waals surface area contributed by atoms with Gasteiger partial charge in [-0.25, -0.2) is 9.78 Å². The Kier molecular flexibility index (Phi) is 5.33. The number of nitrogens with zero attached hydrogens (tertiary/aromatic N) is 4. The molecule has 3 rings (SSSR count). The van der Waals surface area contributed by atoms with Gasteiger partial charge in [0.05, 0.1) is 5.69 Å². The fourth-order valence-electron chi connectivity index (χ4n) is 3.17. The summed E-state index contributed by atoms with van der Waals surface area (Å²) in [7, 11) is 0. The highest BCUT2D eigenvalue weighted by molar-refractivity contribution is 6.30. The Balaban J connectivity index is 1.75. The van der Waals surface area contributed by atoms with Crippen LogP contribution in [0.2, 0.25) is 5.02 Å². The van der Waals surface area contributed by atoms with Gasteiger partial charge < -0.3 is 14.5 Å². The smallest absolute Gasteiger partial charge is 0.410 e. The first-order valence-electron chi connectivity index (χ1n) is 9.07. The number of ether oxygens (including phenoxy) is 1. The van der Waals surface area contributed by atoms with Crippen molar-refractivity contribution in [3.63, 3.8) is 0 Å². The molecular formula is C19H25ClN4O3. The van der Waals surface area contributed by atoms with E-state index < -0.39 is 5.60 Å². The largest absolute Gasteiger partial charge is 0.444 e. The van der Waals surface area contributed by atoms with E-state index in [1.54, 1.807) is 32.5 Å². The van der Waals surface area contributed by atoms with Crippen LogP contribution in [0, 0.1) is 6.92 Å². The number of amides is 2. The Morgan fingerprint density at radius 1 is 1.15 bits per heavy atom. The van der Waals surface area contributed by atoms with E-state index in [4.69, 9.17) is 16.3 Å². The molecule has 0 saturated carbocycles. The van der Waals surface area contributed by atoms with Crippen LogP contribution < -0.4 is 0 Å². The van der Waals surface area contributed by atoms with Crippen molar-refractivity contribution in [3.05, 3.63) is 34.7 Å². The van der Waals surface area contributed by atoms with Crippen molar-refractivity contribution in [1.82, 2.24) is 19.2 Å². The number of halogens is 1. The lowest BCUT2D eigenvalue weighted by Gasteiger charge is -2.26. The summed E-state index contributed by atoms with van der Waals surface area (Å²) in [4.78, 5) is 33.3. The number of carbonyl (C=O) groups excluding carboxylic acids is 2. The molecule has 7 nitrogen and oxygen atoms in total. The summed E-state index contributed by atoms with van der Waals surface area (Å²) >= 11 is 6.02. The number of fused-ring (bicyclic) bond motifs is 1. The van der Waals surface area contributed by atoms with Crippen molar-refractivity contribution in [2.24, 2.45) is 0 Å². The van der Waals surface area contributed by atoms with Gasteiger partial charge in [0.25, 0.3) is 5.91 Å². The third-order valence-electron chi connectivity index (χ3n) is 4.40. The van der Waals surface area contributed by atoms with Crippen LogP contribution in [0.3, 0.4) is 0 Å². The molecule has 1 fully saturated rings. The number of hydrogen-bond donors (Lipinski definition) is 0. The summed E-state index contributed by atoms with van der Waals surface area (Å²) in [5.74, 6) is -0.0895. The van der Waals surface area contributed by atoms with Gasteiger partial charge >= 0.3 is 6.09 Å². The first-order chi connectivity index (χ1) is 12.7. The number of hydrogen-bond acceptors (Lipinski definition) is 4. The summed E-state index contributed by atoms with van der Waals surface area (Å²) in [5.41, 5.74) is 1.31. The third kappa shape index (κ3) is 4.35. The van der Waals surface area contributed by atoms with Gasteiger partial charge in [0.2, 0.25) is 0 Å². The molecule has 2 aromatic heterocycles. The standard InChI is InChI=1S/C19H25ClN4O3/c1-13-16(24-9-6-14(20)12-15(24)21-13)17(25)22-7-5-8-23(11-10-22)18(26)27-19(2,3)4/h6,9,12H,5,7-8,10-11H2,1-4H3. The van der Waals surface area contributed by atoms with Gasteiger partial charge in [0.15, 0.2) is 0 Å². The zero-order chi connectivity index (χ0) is 19.8. The van der Waals surface area contributed by atoms with E-state index in [2.05, 4.69) is 4.98 Å². The zero-order valence-electron chi connectivity index (χ0n) is 16.2. The molecule has 0 radical (unpaired) electrons. The van der Waals surface area contributed by atoms with Gasteiger partial charge in [-0.1, -0.05) is 11.6 Å². The molecule has 27 heavy (non-hydrogen) atoms. The van der Waals surface area contributed by atoms with Crippen LogP contribution in [0.5, 0.6) is 0 Å². The highest BCUT2D eigenvalue weighted by atomic mass is 35.5. The van der Waals surface area contributed by atoms with E-state index in [1.165, 1.54) is 0 Å². The van der Waals surface area contributed by atoms with Crippen LogP contribution in [0.1, 0.15) is 43.4 Å². The van der Waals surface area contributed by atoms with Gasteiger partial charge in [0.1, 0.15) is 16.9 Å². The maximum Gasteiger partial charge on any atom is 0.410 e. The minimum Gasteiger partial charge on any atom is -0.444 e. The molecule has 0 atom stereocenters. The van der Waals surface area contributed by atoms with Crippen LogP contribution in [0.15, 0.2) is 18.3 Å². The highest BCUT2D eigenvalue weighted by Crippen LogP contribution is 2.19. The Labute approximate surface area is 163 Å². The van der Waals surface area contributed by atoms with Crippen LogP contribution in [-0.2, 0) is 4.74 Å². The molecule has 8 heteroatoms. The van der Waals surface area contributed by atoms with Crippen LogP contribution in [-0.4, -0.2) is 63.0 Å². The molecule has 1 aliphatic heterocycles. The monoisotopic (exact) mass is 392 g/mol. The molecule has 0 unspecified atom stereocenters. The number of rotatable bonds is 1. The van der Waals surface area contributed by atoms with Gasteiger partial charge in [0, 0.05) is 43.5 Å². The number of aromatic nitrogens is 2. The topological polar surface area (TPSA) is 67.2 Å². The van der Waals surface area contributed by atoms with E-state index in [0.717, 1.165) is 0 Å². The van der Waals surface area contributed by atoms with Crippen molar-refractivity contribution >= 4 is 29.2 Å². The summed E-state index contributed by atoms with van der Waals surface area (Å²) in [6.07, 6.45) is 2.12. The molecule has 1 aliphatic rings. The summed E-state index contributed by atoms with van der Waals surface area (Å²) < 4.78 is 7.21. The molecule has 0 aromatic carbocycles. The molecule has 2 amide bonds. The van der Waals surface area contributed by atoms with E-state index in [1.807, 2.05) is 27.7 Å². The number of imidazole rings is 1. The highest BCUT2D eigenvalue weighted by Gasteiger charge is 2.28. The van der Waals surface area contributed by atoms with E-state index >= 15 is 0 Å². The van der Waals surface area contributed by atoms with Crippen molar-refractivity contribution in [2.45, 2.75) is 39.7 Å². The average molecular weight is 393 g/mol. The first kappa shape index (κ1) is 19.5. The maximum atomic E-state index is 13.1. The van der Waals surface area contributed by atoms with Crippen LogP contribution in [0.25, 0.3) is 5.65 Å². The lowest BCUT2D eigenvalue weighted by Crippen LogP contribution is -2.40. The SMILES string of the molecule is Cc1nc2cc(Cl)ccn2c1C(=O)N1CCCN(C(=O)OC(C)(C)C)CC1. The third-order valence-corrected chi connectivity index (χ3v) is 4.63. The van der Waals surface area contributed by atoms with Crippen molar-refractivity contribution in [1.29, 1.82) is 0 Å². The van der Waals surface area contributed by atoms with Crippen LogP contribution >= 0.6 is 11.6 Å². The number of carbonyl (C=O) groups is 2. The molecule has 3 heterocycles. The zero-order valence-corrected chi connectivity index (χ0v) is 16.9. The molecular weight excluding hydrogens is 368 g/mol. The second kappa shape index (κ2) is 7.38. The Bertz CT molecular complexity index is 872. The second-order valence-electron chi connectivity index (χ2n) is 7.73. The molecule has 0 spiro atoms. The number of aryl methyl sites for hydroxylation is 1. The van der Waals surface area contributed by atoms with Gasteiger partial charge in [-0.15, -0.1) is 0 Å². The Morgan fingerprint density at radius 3 is 2.52 bits per heavy atom. The summed E-state index contributed by atoms with van der Waals surface area (Å²) in [6, 6.07) is 3.47. The lowest BCUT2D eigenvalue weighted by atomic mass is 10.2.